The van der Waals surface area contributed by atoms with Crippen molar-refractivity contribution >= 4 is 53.2 Å². The lowest BCUT2D eigenvalue weighted by molar-refractivity contribution is -0.142. The van der Waals surface area contributed by atoms with Gasteiger partial charge in [0.05, 0.1) is 18.0 Å². The van der Waals surface area contributed by atoms with E-state index in [4.69, 9.17) is 5.73 Å². The lowest BCUT2D eigenvalue weighted by Gasteiger charge is -2.41. The normalized spacial score (nSPS) is 18.3. The number of imide groups is 1. The first-order chi connectivity index (χ1) is 39.7. The molecule has 1 aliphatic heterocycles. The summed E-state index contributed by atoms with van der Waals surface area (Å²) >= 11 is 0. The van der Waals surface area contributed by atoms with Gasteiger partial charge in [-0.15, -0.1) is 0 Å². The van der Waals surface area contributed by atoms with Crippen LogP contribution in [0.3, 0.4) is 0 Å². The first kappa shape index (κ1) is 67.7. The summed E-state index contributed by atoms with van der Waals surface area (Å²) in [5.41, 5.74) is 7.70. The number of aliphatic hydroxyl groups excluding tert-OH is 1. The van der Waals surface area contributed by atoms with Crippen molar-refractivity contribution in [2.75, 3.05) is 26.2 Å². The molecule has 2 heterocycles. The Morgan fingerprint density at radius 1 is 0.845 bits per heavy atom. The number of benzene rings is 2. The fourth-order valence-electron chi connectivity index (χ4n) is 11.2. The van der Waals surface area contributed by atoms with Crippen LogP contribution < -0.4 is 32.3 Å². The maximum absolute atomic E-state index is 15.2. The smallest absolute Gasteiger partial charge is 0.326 e. The van der Waals surface area contributed by atoms with E-state index in [0.29, 0.717) is 75.7 Å². The molecule has 2 unspecified atom stereocenters. The third kappa shape index (κ3) is 19.0. The number of hydrogen-bond donors (Lipinski definition) is 8. The highest BCUT2D eigenvalue weighted by Gasteiger charge is 2.41. The van der Waals surface area contributed by atoms with Crippen molar-refractivity contribution in [2.45, 2.75) is 182 Å². The Morgan fingerprint density at radius 3 is 2.21 bits per heavy atom. The fraction of sp³-hybridized carbons (Fsp3) is 0.597. The van der Waals surface area contributed by atoms with Gasteiger partial charge in [0.2, 0.25) is 47.3 Å². The number of carboxylic acids is 1. The van der Waals surface area contributed by atoms with Crippen molar-refractivity contribution in [1.82, 2.24) is 41.0 Å². The molecule has 0 bridgehead atoms. The summed E-state index contributed by atoms with van der Waals surface area (Å²) in [7, 11) is 0. The van der Waals surface area contributed by atoms with Crippen molar-refractivity contribution in [3.05, 3.63) is 83.7 Å². The second-order valence-corrected chi connectivity index (χ2v) is 24.0. The molecule has 1 saturated carbocycles. The molecule has 5 rings (SSSR count). The first-order valence-corrected chi connectivity index (χ1v) is 29.7. The van der Waals surface area contributed by atoms with Crippen LogP contribution in [0.2, 0.25) is 0 Å². The van der Waals surface area contributed by atoms with E-state index in [0.717, 1.165) is 30.2 Å². The molecule has 9 atom stereocenters. The number of hydrogen-bond acceptors (Lipinski definition) is 11. The van der Waals surface area contributed by atoms with Gasteiger partial charge in [-0.1, -0.05) is 98.1 Å². The lowest BCUT2D eigenvalue weighted by Crippen LogP contribution is -2.56. The molecule has 2 aliphatic rings. The van der Waals surface area contributed by atoms with Gasteiger partial charge >= 0.3 is 5.97 Å². The largest absolute Gasteiger partial charge is 0.480 e. The van der Waals surface area contributed by atoms with E-state index in [1.54, 1.807) is 26.1 Å². The van der Waals surface area contributed by atoms with Gasteiger partial charge in [-0.2, -0.15) is 0 Å². The number of carbonyl (C=O) groups is 9. The van der Waals surface area contributed by atoms with Gasteiger partial charge in [0.25, 0.3) is 0 Å². The van der Waals surface area contributed by atoms with Crippen LogP contribution in [0.4, 0.5) is 8.78 Å². The number of carboxylic acid groups (broad SMARTS) is 1. The molecule has 1 aliphatic carbocycles. The minimum absolute atomic E-state index is 0.0136. The standard InChI is InChI=1S/C62H89F2N9O11/c1-9-38(4)44-33-52(76)73(60(44)82)29-17-11-14-24-51(75)70-54(37(2)3)59(81)67-39(5)56(78)69-49(61(83)84)22-15-16-28-66-57(79)43-21-18-23-48(43)68-58(80)47(65)27-30-72(53(77)36-74)55(62(6,7)8)50-31-41(45-32-42(63)25-26-46(45)64)35-71(50)34-40-19-12-10-13-20-40/h10,12-13,19-20,25-26,31-32,35,37-39,43-44,47-49,54-55,74H,9,11,14-18,21-24,27-30,33-34,36,65H2,1-8H3,(H,66,79)(H,67,81)(H,68,80)(H,69,78)(H,70,75)(H,83,84)/t38?,39-,43+,44?,47-,48-,49-,54-,55-/m0/s1. The van der Waals surface area contributed by atoms with Crippen LogP contribution in [0, 0.1) is 40.7 Å². The van der Waals surface area contributed by atoms with Gasteiger partial charge in [0.1, 0.15) is 36.4 Å². The van der Waals surface area contributed by atoms with Gasteiger partial charge in [-0.05, 0) is 105 Å². The van der Waals surface area contributed by atoms with Gasteiger partial charge in [-0.25, -0.2) is 13.6 Å². The van der Waals surface area contributed by atoms with Crippen LogP contribution in [0.5, 0.6) is 0 Å². The molecule has 2 fully saturated rings. The number of nitrogens with one attached hydrogen (secondary N) is 5. The maximum Gasteiger partial charge on any atom is 0.326 e. The summed E-state index contributed by atoms with van der Waals surface area (Å²) < 4.78 is 31.6. The zero-order valence-corrected chi connectivity index (χ0v) is 50.0. The van der Waals surface area contributed by atoms with Crippen molar-refractivity contribution in [2.24, 2.45) is 34.8 Å². The van der Waals surface area contributed by atoms with E-state index in [9.17, 15) is 57.8 Å². The zero-order valence-electron chi connectivity index (χ0n) is 50.0. The summed E-state index contributed by atoms with van der Waals surface area (Å²) in [5.74, 6) is -7.19. The number of aromatic nitrogens is 1. The second-order valence-electron chi connectivity index (χ2n) is 24.0. The van der Waals surface area contributed by atoms with Crippen molar-refractivity contribution in [3.63, 3.8) is 0 Å². The molecule has 8 amide bonds. The quantitative estimate of drug-likeness (QED) is 0.0269. The number of aliphatic hydroxyl groups is 1. The van der Waals surface area contributed by atoms with Crippen molar-refractivity contribution in [3.8, 4) is 11.1 Å². The number of amides is 8. The SMILES string of the molecule is CCC(C)C1CC(=O)N(CCCCCC(=O)N[C@H](C(=O)N[C@@H](C)C(=O)N[C@@H](CCCCNC(=O)[C@@H]2CCC[C@@H]2NC(=O)[C@@H](N)CCN(C(=O)CO)[C@@H](c2cc(-c3cc(F)ccc3F)cn2Cc2ccccc2)C(C)(C)C)C(=O)O)C(C)C)C1=O. The summed E-state index contributed by atoms with van der Waals surface area (Å²) in [4.78, 5) is 120. The van der Waals surface area contributed by atoms with Crippen LogP contribution in [-0.2, 0) is 49.7 Å². The summed E-state index contributed by atoms with van der Waals surface area (Å²) in [5, 5.41) is 33.8. The predicted octanol–water partition coefficient (Wildman–Crippen LogP) is 5.88. The highest BCUT2D eigenvalue weighted by molar-refractivity contribution is 6.03. The molecule has 20 nitrogen and oxygen atoms in total. The Bertz CT molecular complexity index is 2770. The lowest BCUT2D eigenvalue weighted by atomic mass is 9.82. The first-order valence-electron chi connectivity index (χ1n) is 29.7. The molecule has 0 radical (unpaired) electrons. The number of likely N-dealkylation sites (tertiary alicyclic amines) is 1. The molecule has 22 heteroatoms. The molecule has 0 spiro atoms. The molecular weight excluding hydrogens is 1080 g/mol. The van der Waals surface area contributed by atoms with Crippen molar-refractivity contribution < 1.29 is 62.1 Å². The molecule has 1 aromatic heterocycles. The topological polar surface area (TPSA) is 292 Å². The maximum atomic E-state index is 15.2. The van der Waals surface area contributed by atoms with Crippen LogP contribution in [0.25, 0.3) is 11.1 Å². The van der Waals surface area contributed by atoms with Crippen molar-refractivity contribution in [1.29, 1.82) is 0 Å². The molecule has 462 valence electrons. The Labute approximate surface area is 492 Å². The number of carbonyl (C=O) groups excluding carboxylic acids is 8. The van der Waals surface area contributed by atoms with Gasteiger partial charge in [0, 0.05) is 74.0 Å². The molecule has 1 saturated heterocycles. The Hall–Kier alpha value is -7.07. The summed E-state index contributed by atoms with van der Waals surface area (Å²) in [6.45, 7) is 14.4. The number of aliphatic carboxylic acids is 1. The molecular formula is C62H89F2N9O11. The number of rotatable bonds is 32. The number of nitrogens with zero attached hydrogens (tertiary/aromatic N) is 3. The van der Waals surface area contributed by atoms with Gasteiger partial charge in [0.15, 0.2) is 0 Å². The van der Waals surface area contributed by atoms with E-state index in [1.165, 1.54) is 16.7 Å². The Kier molecular flexibility index (Phi) is 25.6. The van der Waals surface area contributed by atoms with E-state index < -0.39 is 95.4 Å². The van der Waals surface area contributed by atoms with Gasteiger partial charge in [-0.3, -0.25) is 43.3 Å². The number of unbranched alkanes of at least 4 members (excludes halogenated alkanes) is 3. The van der Waals surface area contributed by atoms with Crippen LogP contribution in [0.1, 0.15) is 156 Å². The average Bonchev–Trinajstić information content (AvgIpc) is 4.32. The number of nitrogens with two attached hydrogens (primary N) is 1. The van der Waals surface area contributed by atoms with Crippen LogP contribution >= 0.6 is 0 Å². The summed E-state index contributed by atoms with van der Waals surface area (Å²) in [6.07, 6.45) is 6.72. The summed E-state index contributed by atoms with van der Waals surface area (Å²) in [6, 6.07) is 8.51. The van der Waals surface area contributed by atoms with Crippen LogP contribution in [0.15, 0.2) is 60.8 Å². The molecule has 84 heavy (non-hydrogen) atoms. The van der Waals surface area contributed by atoms with Crippen LogP contribution in [-0.4, -0.2) is 134 Å². The minimum atomic E-state index is -1.31. The molecule has 3 aromatic rings. The van der Waals surface area contributed by atoms with E-state index in [2.05, 4.69) is 26.6 Å². The molecule has 9 N–H and O–H groups in total. The highest BCUT2D eigenvalue weighted by atomic mass is 19.1. The van der Waals surface area contributed by atoms with E-state index in [1.807, 2.05) is 69.5 Å². The predicted molar refractivity (Wildman–Crippen MR) is 312 cm³/mol. The zero-order chi connectivity index (χ0) is 62.0. The van der Waals surface area contributed by atoms with Gasteiger partial charge < -0.3 is 52.0 Å². The highest BCUT2D eigenvalue weighted by Crippen LogP contribution is 2.41. The monoisotopic (exact) mass is 1170 g/mol. The van der Waals surface area contributed by atoms with E-state index in [-0.39, 0.29) is 85.7 Å². The Morgan fingerprint density at radius 2 is 1.56 bits per heavy atom. The minimum Gasteiger partial charge on any atom is -0.480 e. The third-order valence-corrected chi connectivity index (χ3v) is 16.2. The Balaban J connectivity index is 1.07. The van der Waals surface area contributed by atoms with E-state index >= 15 is 4.39 Å². The average molecular weight is 1170 g/mol. The number of halogens is 2. The third-order valence-electron chi connectivity index (χ3n) is 16.2. The fourth-order valence-corrected chi connectivity index (χ4v) is 11.2. The molecule has 2 aromatic carbocycles. The second kappa shape index (κ2) is 31.7.